The summed E-state index contributed by atoms with van der Waals surface area (Å²) in [5, 5.41) is 19.3. The Labute approximate surface area is 137 Å². The van der Waals surface area contributed by atoms with E-state index in [1.54, 1.807) is 0 Å². The number of aromatic hydroxyl groups is 1. The van der Waals surface area contributed by atoms with Gasteiger partial charge in [-0.15, -0.1) is 0 Å². The highest BCUT2D eigenvalue weighted by molar-refractivity contribution is 6.37. The summed E-state index contributed by atoms with van der Waals surface area (Å²) in [4.78, 5) is 9.78. The van der Waals surface area contributed by atoms with Crippen LogP contribution in [0.15, 0.2) is 30.3 Å². The summed E-state index contributed by atoms with van der Waals surface area (Å²) in [6.45, 7) is 0. The van der Waals surface area contributed by atoms with Crippen LogP contribution in [0.4, 0.5) is 18.9 Å². The minimum Gasteiger partial charge on any atom is -0.502 e. The first kappa shape index (κ1) is 17.2. The van der Waals surface area contributed by atoms with Crippen molar-refractivity contribution in [2.75, 3.05) is 0 Å². The second-order valence-electron chi connectivity index (χ2n) is 4.28. The van der Waals surface area contributed by atoms with Gasteiger partial charge in [0.2, 0.25) is 0 Å². The molecule has 0 heterocycles. The number of rotatable bonds is 3. The van der Waals surface area contributed by atoms with Gasteiger partial charge in [0.1, 0.15) is 5.75 Å². The van der Waals surface area contributed by atoms with Gasteiger partial charge in [0.15, 0.2) is 11.5 Å². The molecule has 2 rings (SSSR count). The molecule has 0 aliphatic heterocycles. The van der Waals surface area contributed by atoms with Crippen LogP contribution in [0.3, 0.4) is 0 Å². The van der Waals surface area contributed by atoms with Gasteiger partial charge in [-0.25, -0.2) is 0 Å². The molecule has 0 aromatic heterocycles. The number of benzene rings is 2. The minimum atomic E-state index is -4.63. The van der Waals surface area contributed by atoms with Crippen LogP contribution >= 0.6 is 23.2 Å². The number of phenols is 1. The zero-order valence-electron chi connectivity index (χ0n) is 10.9. The fraction of sp³-hybridized carbons (Fsp3) is 0.0769. The summed E-state index contributed by atoms with van der Waals surface area (Å²) >= 11 is 11.5. The third-order valence-corrected chi connectivity index (χ3v) is 3.25. The molecule has 0 amide bonds. The summed E-state index contributed by atoms with van der Waals surface area (Å²) in [5.41, 5.74) is -1.60. The Morgan fingerprint density at radius 2 is 1.70 bits per heavy atom. The number of nitro benzene ring substituents is 1. The molecule has 0 unspecified atom stereocenters. The van der Waals surface area contributed by atoms with Crippen molar-refractivity contribution in [3.05, 3.63) is 56.1 Å². The Morgan fingerprint density at radius 3 is 2.13 bits per heavy atom. The van der Waals surface area contributed by atoms with Crippen molar-refractivity contribution in [3.63, 3.8) is 0 Å². The van der Waals surface area contributed by atoms with Crippen molar-refractivity contribution in [2.24, 2.45) is 0 Å². The maximum atomic E-state index is 12.6. The van der Waals surface area contributed by atoms with Gasteiger partial charge in [-0.2, -0.15) is 13.2 Å². The molecule has 0 aliphatic carbocycles. The lowest BCUT2D eigenvalue weighted by atomic mass is 10.2. The molecular formula is C13H6Cl2F3NO4. The van der Waals surface area contributed by atoms with Gasteiger partial charge in [-0.05, 0) is 18.2 Å². The van der Waals surface area contributed by atoms with Gasteiger partial charge in [0, 0.05) is 12.1 Å². The van der Waals surface area contributed by atoms with Crippen LogP contribution in [0.25, 0.3) is 0 Å². The van der Waals surface area contributed by atoms with E-state index in [1.807, 2.05) is 0 Å². The first-order valence-corrected chi connectivity index (χ1v) is 6.56. The molecular weight excluding hydrogens is 362 g/mol. The second kappa shape index (κ2) is 6.13. The maximum Gasteiger partial charge on any atom is 0.416 e. The number of alkyl halides is 3. The van der Waals surface area contributed by atoms with Crippen molar-refractivity contribution in [1.82, 2.24) is 0 Å². The second-order valence-corrected chi connectivity index (χ2v) is 5.09. The zero-order valence-corrected chi connectivity index (χ0v) is 12.4. The first-order valence-electron chi connectivity index (χ1n) is 5.81. The molecule has 2 aromatic rings. The summed E-state index contributed by atoms with van der Waals surface area (Å²) in [7, 11) is 0. The Kier molecular flexibility index (Phi) is 4.58. The van der Waals surface area contributed by atoms with Crippen LogP contribution in [0.1, 0.15) is 5.56 Å². The van der Waals surface area contributed by atoms with E-state index in [4.69, 9.17) is 27.9 Å². The van der Waals surface area contributed by atoms with E-state index in [1.165, 1.54) is 0 Å². The maximum absolute atomic E-state index is 12.6. The highest BCUT2D eigenvalue weighted by atomic mass is 35.5. The fourth-order valence-corrected chi connectivity index (χ4v) is 2.22. The van der Waals surface area contributed by atoms with Crippen molar-refractivity contribution < 1.29 is 27.9 Å². The molecule has 122 valence electrons. The first-order chi connectivity index (χ1) is 10.6. The summed E-state index contributed by atoms with van der Waals surface area (Å²) in [5.74, 6) is -1.03. The smallest absolute Gasteiger partial charge is 0.416 e. The van der Waals surface area contributed by atoms with Gasteiger partial charge in [0.05, 0.1) is 20.5 Å². The molecule has 10 heteroatoms. The number of ether oxygens (including phenoxy) is 1. The number of phenolic OH excluding ortho intramolecular Hbond substituents is 1. The topological polar surface area (TPSA) is 72.6 Å². The number of hydrogen-bond donors (Lipinski definition) is 1. The molecule has 0 aliphatic rings. The number of hydrogen-bond acceptors (Lipinski definition) is 4. The largest absolute Gasteiger partial charge is 0.502 e. The zero-order chi connectivity index (χ0) is 17.4. The van der Waals surface area contributed by atoms with Crippen LogP contribution in [0, 0.1) is 10.1 Å². The monoisotopic (exact) mass is 367 g/mol. The lowest BCUT2D eigenvalue weighted by Gasteiger charge is -2.13. The highest BCUT2D eigenvalue weighted by Crippen LogP contribution is 2.42. The van der Waals surface area contributed by atoms with E-state index in [2.05, 4.69) is 0 Å². The molecule has 0 atom stereocenters. The third-order valence-electron chi connectivity index (χ3n) is 2.69. The summed E-state index contributed by atoms with van der Waals surface area (Å²) in [6, 6.07) is 4.29. The lowest BCUT2D eigenvalue weighted by Crippen LogP contribution is -2.05. The highest BCUT2D eigenvalue weighted by Gasteiger charge is 2.32. The van der Waals surface area contributed by atoms with Crippen LogP contribution in [0.2, 0.25) is 10.0 Å². The van der Waals surface area contributed by atoms with E-state index < -0.39 is 38.1 Å². The van der Waals surface area contributed by atoms with Crippen molar-refractivity contribution in [3.8, 4) is 17.2 Å². The van der Waals surface area contributed by atoms with Gasteiger partial charge in [-0.1, -0.05) is 23.2 Å². The molecule has 5 nitrogen and oxygen atoms in total. The van der Waals surface area contributed by atoms with Gasteiger partial charge in [0.25, 0.3) is 0 Å². The predicted molar refractivity (Wildman–Crippen MR) is 76.3 cm³/mol. The number of halogens is 5. The van der Waals surface area contributed by atoms with Crippen molar-refractivity contribution >= 4 is 28.9 Å². The molecule has 23 heavy (non-hydrogen) atoms. The molecule has 1 N–H and O–H groups in total. The molecule has 0 bridgehead atoms. The number of nitro groups is 1. The standard InChI is InChI=1S/C13H6Cl2F3NO4/c14-8-3-6(13(16,17)18)4-9(15)12(8)23-7-1-2-10(19(21)22)11(20)5-7/h1-5,20H. The van der Waals surface area contributed by atoms with Crippen LogP contribution < -0.4 is 4.74 Å². The van der Waals surface area contributed by atoms with E-state index in [0.717, 1.165) is 18.2 Å². The molecule has 0 radical (unpaired) electrons. The Morgan fingerprint density at radius 1 is 1.13 bits per heavy atom. The average Bonchev–Trinajstić information content (AvgIpc) is 2.41. The summed E-state index contributed by atoms with van der Waals surface area (Å²) < 4.78 is 43.1. The predicted octanol–water partition coefficient (Wildman–Crippen LogP) is 5.42. The van der Waals surface area contributed by atoms with Gasteiger partial charge >= 0.3 is 11.9 Å². The quantitative estimate of drug-likeness (QED) is 0.580. The Balaban J connectivity index is 2.38. The molecule has 2 aromatic carbocycles. The van der Waals surface area contributed by atoms with Crippen LogP contribution in [-0.4, -0.2) is 10.0 Å². The van der Waals surface area contributed by atoms with Gasteiger partial charge < -0.3 is 9.84 Å². The normalized spacial score (nSPS) is 11.3. The van der Waals surface area contributed by atoms with Crippen LogP contribution in [0.5, 0.6) is 17.2 Å². The van der Waals surface area contributed by atoms with Crippen LogP contribution in [-0.2, 0) is 6.18 Å². The average molecular weight is 368 g/mol. The molecule has 0 spiro atoms. The van der Waals surface area contributed by atoms with E-state index >= 15 is 0 Å². The number of nitrogens with zero attached hydrogens (tertiary/aromatic N) is 1. The molecule has 0 fully saturated rings. The van der Waals surface area contributed by atoms with Gasteiger partial charge in [-0.3, -0.25) is 10.1 Å². The van der Waals surface area contributed by atoms with E-state index in [0.29, 0.717) is 12.1 Å². The minimum absolute atomic E-state index is 0.0864. The van der Waals surface area contributed by atoms with Crippen molar-refractivity contribution in [2.45, 2.75) is 6.18 Å². The Hall–Kier alpha value is -2.19. The fourth-order valence-electron chi connectivity index (χ4n) is 1.66. The van der Waals surface area contributed by atoms with Crippen molar-refractivity contribution in [1.29, 1.82) is 0 Å². The SMILES string of the molecule is O=[N+]([O-])c1ccc(Oc2c(Cl)cc(C(F)(F)F)cc2Cl)cc1O. The van der Waals surface area contributed by atoms with E-state index in [9.17, 15) is 28.4 Å². The summed E-state index contributed by atoms with van der Waals surface area (Å²) in [6.07, 6.45) is -4.63. The van der Waals surface area contributed by atoms with E-state index in [-0.39, 0.29) is 11.5 Å². The molecule has 0 saturated carbocycles. The third kappa shape index (κ3) is 3.77. The molecule has 0 saturated heterocycles. The lowest BCUT2D eigenvalue weighted by molar-refractivity contribution is -0.385. The Bertz CT molecular complexity index is 757.